The van der Waals surface area contributed by atoms with Crippen molar-refractivity contribution in [3.8, 4) is 5.75 Å². The number of hydrogen-bond acceptors (Lipinski definition) is 5. The number of carbonyl (C=O) groups excluding carboxylic acids is 1. The SMILES string of the molecule is CCO[C@H](/C=C/C(=O)O)[C@H](OC(=O)Nc1ccc(Br)cc1)c1cc(Br)ccc1O. The Morgan fingerprint density at radius 3 is 2.41 bits per heavy atom. The van der Waals surface area contributed by atoms with Gasteiger partial charge in [-0.05, 0) is 55.5 Å². The zero-order valence-electron chi connectivity index (χ0n) is 15.3. The van der Waals surface area contributed by atoms with Crippen LogP contribution in [0, 0.1) is 0 Å². The summed E-state index contributed by atoms with van der Waals surface area (Å²) in [6.45, 7) is 1.96. The third-order valence-electron chi connectivity index (χ3n) is 3.71. The molecule has 0 aromatic heterocycles. The summed E-state index contributed by atoms with van der Waals surface area (Å²) in [5.41, 5.74) is 0.767. The van der Waals surface area contributed by atoms with Gasteiger partial charge in [-0.1, -0.05) is 31.9 Å². The Bertz CT molecular complexity index is 885. The molecule has 2 aromatic rings. The molecule has 0 saturated carbocycles. The van der Waals surface area contributed by atoms with Gasteiger partial charge in [-0.15, -0.1) is 0 Å². The second kappa shape index (κ2) is 11.0. The molecule has 2 aromatic carbocycles. The zero-order chi connectivity index (χ0) is 21.4. The molecule has 3 N–H and O–H groups in total. The van der Waals surface area contributed by atoms with E-state index in [-0.39, 0.29) is 17.9 Å². The van der Waals surface area contributed by atoms with Crippen molar-refractivity contribution in [1.82, 2.24) is 0 Å². The number of aliphatic carboxylic acids is 1. The first-order valence-electron chi connectivity index (χ1n) is 8.54. The topological polar surface area (TPSA) is 105 Å². The summed E-state index contributed by atoms with van der Waals surface area (Å²) in [6.07, 6.45) is -0.655. The van der Waals surface area contributed by atoms with Crippen LogP contribution in [-0.4, -0.2) is 35.0 Å². The number of benzene rings is 2. The van der Waals surface area contributed by atoms with Gasteiger partial charge in [0.15, 0.2) is 6.10 Å². The average molecular weight is 529 g/mol. The summed E-state index contributed by atoms with van der Waals surface area (Å²) in [7, 11) is 0. The van der Waals surface area contributed by atoms with Crippen LogP contribution in [0.2, 0.25) is 0 Å². The normalized spacial score (nSPS) is 13.1. The first-order chi connectivity index (χ1) is 13.8. The van der Waals surface area contributed by atoms with Crippen LogP contribution in [0.1, 0.15) is 18.6 Å². The Morgan fingerprint density at radius 2 is 1.79 bits per heavy atom. The van der Waals surface area contributed by atoms with Crippen molar-refractivity contribution in [2.24, 2.45) is 0 Å². The lowest BCUT2D eigenvalue weighted by Crippen LogP contribution is -2.28. The van der Waals surface area contributed by atoms with Gasteiger partial charge in [-0.2, -0.15) is 0 Å². The van der Waals surface area contributed by atoms with Crippen LogP contribution in [-0.2, 0) is 14.3 Å². The number of carboxylic acid groups (broad SMARTS) is 1. The summed E-state index contributed by atoms with van der Waals surface area (Å²) in [4.78, 5) is 23.4. The quantitative estimate of drug-likeness (QED) is 0.404. The molecule has 0 heterocycles. The summed E-state index contributed by atoms with van der Waals surface area (Å²) in [5.74, 6) is -1.30. The van der Waals surface area contributed by atoms with Crippen molar-refractivity contribution in [2.75, 3.05) is 11.9 Å². The fraction of sp³-hybridized carbons (Fsp3) is 0.200. The van der Waals surface area contributed by atoms with E-state index in [0.717, 1.165) is 10.5 Å². The lowest BCUT2D eigenvalue weighted by Gasteiger charge is -2.26. The van der Waals surface area contributed by atoms with Gasteiger partial charge in [0.1, 0.15) is 11.9 Å². The molecule has 0 unspecified atom stereocenters. The van der Waals surface area contributed by atoms with Gasteiger partial charge in [-0.3, -0.25) is 5.32 Å². The van der Waals surface area contributed by atoms with Crippen molar-refractivity contribution in [1.29, 1.82) is 0 Å². The third-order valence-corrected chi connectivity index (χ3v) is 4.73. The number of halogens is 2. The molecule has 0 radical (unpaired) electrons. The van der Waals surface area contributed by atoms with E-state index in [0.29, 0.717) is 10.2 Å². The van der Waals surface area contributed by atoms with Gasteiger partial charge >= 0.3 is 12.1 Å². The molecule has 29 heavy (non-hydrogen) atoms. The monoisotopic (exact) mass is 527 g/mol. The minimum Gasteiger partial charge on any atom is -0.508 e. The Kier molecular flexibility index (Phi) is 8.69. The number of hydrogen-bond donors (Lipinski definition) is 3. The first-order valence-corrected chi connectivity index (χ1v) is 10.1. The highest BCUT2D eigenvalue weighted by atomic mass is 79.9. The van der Waals surface area contributed by atoms with E-state index >= 15 is 0 Å². The standard InChI is InChI=1S/C20H19Br2NO6/c1-2-28-17(9-10-18(25)26)19(15-11-13(22)5-8-16(15)24)29-20(27)23-14-6-3-12(21)4-7-14/h3-11,17,19,24H,2H2,1H3,(H,23,27)(H,25,26)/b10-9+/t17-,19-/m1/s1. The summed E-state index contributed by atoms with van der Waals surface area (Å²) < 4.78 is 12.6. The first kappa shape index (κ1) is 22.9. The molecule has 154 valence electrons. The Labute approximate surface area is 184 Å². The van der Waals surface area contributed by atoms with Gasteiger partial charge in [0, 0.05) is 32.9 Å². The van der Waals surface area contributed by atoms with Crippen molar-refractivity contribution in [2.45, 2.75) is 19.1 Å². The number of carboxylic acids is 1. The zero-order valence-corrected chi connectivity index (χ0v) is 18.5. The molecule has 2 rings (SSSR count). The highest BCUT2D eigenvalue weighted by molar-refractivity contribution is 9.10. The highest BCUT2D eigenvalue weighted by Gasteiger charge is 2.29. The van der Waals surface area contributed by atoms with Crippen LogP contribution in [0.15, 0.2) is 63.6 Å². The number of aromatic hydroxyl groups is 1. The van der Waals surface area contributed by atoms with Crippen molar-refractivity contribution in [3.63, 3.8) is 0 Å². The van der Waals surface area contributed by atoms with E-state index in [4.69, 9.17) is 14.6 Å². The molecule has 0 saturated heterocycles. The molecule has 9 heteroatoms. The van der Waals surface area contributed by atoms with E-state index in [1.807, 2.05) is 0 Å². The van der Waals surface area contributed by atoms with Crippen LogP contribution in [0.5, 0.6) is 5.75 Å². The van der Waals surface area contributed by atoms with Gasteiger partial charge in [0.05, 0.1) is 0 Å². The van der Waals surface area contributed by atoms with E-state index in [1.54, 1.807) is 43.3 Å². The number of phenols is 1. The van der Waals surface area contributed by atoms with E-state index < -0.39 is 24.3 Å². The third kappa shape index (κ3) is 7.19. The maximum Gasteiger partial charge on any atom is 0.412 e. The minimum atomic E-state index is -1.17. The maximum absolute atomic E-state index is 12.5. The molecule has 0 spiro atoms. The molecule has 0 aliphatic carbocycles. The predicted molar refractivity (Wildman–Crippen MR) is 115 cm³/mol. The summed E-state index contributed by atoms with van der Waals surface area (Å²) in [5, 5.41) is 21.9. The summed E-state index contributed by atoms with van der Waals surface area (Å²) in [6, 6.07) is 11.5. The Hall–Kier alpha value is -2.36. The fourth-order valence-electron chi connectivity index (χ4n) is 2.47. The lowest BCUT2D eigenvalue weighted by molar-refractivity contribution is -0.131. The molecule has 0 aliphatic heterocycles. The maximum atomic E-state index is 12.5. The minimum absolute atomic E-state index is 0.122. The van der Waals surface area contributed by atoms with Gasteiger partial charge in [0.2, 0.25) is 0 Å². The molecule has 7 nitrogen and oxygen atoms in total. The van der Waals surface area contributed by atoms with Crippen LogP contribution in [0.3, 0.4) is 0 Å². The molecule has 0 aliphatic rings. The van der Waals surface area contributed by atoms with E-state index in [2.05, 4.69) is 37.2 Å². The number of carbonyl (C=O) groups is 2. The largest absolute Gasteiger partial charge is 0.508 e. The van der Waals surface area contributed by atoms with Crippen LogP contribution in [0.4, 0.5) is 10.5 Å². The second-order valence-corrected chi connectivity index (χ2v) is 7.61. The van der Waals surface area contributed by atoms with Crippen molar-refractivity contribution in [3.05, 3.63) is 69.1 Å². The predicted octanol–water partition coefficient (Wildman–Crippen LogP) is 5.25. The smallest absolute Gasteiger partial charge is 0.412 e. The second-order valence-electron chi connectivity index (χ2n) is 5.78. The number of ether oxygens (including phenoxy) is 2. The van der Waals surface area contributed by atoms with E-state index in [9.17, 15) is 14.7 Å². The van der Waals surface area contributed by atoms with Crippen LogP contribution in [0.25, 0.3) is 0 Å². The number of anilines is 1. The van der Waals surface area contributed by atoms with Crippen LogP contribution < -0.4 is 5.32 Å². The van der Waals surface area contributed by atoms with Crippen molar-refractivity contribution >= 4 is 49.6 Å². The molecule has 1 amide bonds. The number of amides is 1. The number of rotatable bonds is 8. The fourth-order valence-corrected chi connectivity index (χ4v) is 3.11. The molecular formula is C20H19Br2NO6. The molecular weight excluding hydrogens is 510 g/mol. The van der Waals surface area contributed by atoms with Gasteiger partial charge < -0.3 is 19.7 Å². The molecule has 0 fully saturated rings. The Balaban J connectivity index is 2.34. The molecule has 2 atom stereocenters. The Morgan fingerprint density at radius 1 is 1.14 bits per heavy atom. The van der Waals surface area contributed by atoms with E-state index in [1.165, 1.54) is 12.1 Å². The highest BCUT2D eigenvalue weighted by Crippen LogP contribution is 2.34. The average Bonchev–Trinajstić information content (AvgIpc) is 2.67. The molecule has 0 bridgehead atoms. The summed E-state index contributed by atoms with van der Waals surface area (Å²) >= 11 is 6.63. The van der Waals surface area contributed by atoms with Crippen LogP contribution >= 0.6 is 31.9 Å². The number of phenolic OH excluding ortho intramolecular Hbond substituents is 1. The van der Waals surface area contributed by atoms with Gasteiger partial charge in [-0.25, -0.2) is 9.59 Å². The lowest BCUT2D eigenvalue weighted by atomic mass is 10.0. The van der Waals surface area contributed by atoms with Gasteiger partial charge in [0.25, 0.3) is 0 Å². The van der Waals surface area contributed by atoms with Crippen molar-refractivity contribution < 1.29 is 29.3 Å². The number of nitrogens with one attached hydrogen (secondary N) is 1.